The van der Waals surface area contributed by atoms with Gasteiger partial charge >= 0.3 is 6.18 Å². The van der Waals surface area contributed by atoms with E-state index in [0.29, 0.717) is 6.20 Å². The second kappa shape index (κ2) is 3.29. The average Bonchev–Trinajstić information content (AvgIpc) is 2.90. The molecule has 82 valence electrons. The van der Waals surface area contributed by atoms with E-state index in [9.17, 15) is 13.2 Å². The highest BCUT2D eigenvalue weighted by Gasteiger charge is 2.33. The predicted molar refractivity (Wildman–Crippen MR) is 47.3 cm³/mol. The van der Waals surface area contributed by atoms with Gasteiger partial charge in [-0.15, -0.1) is 0 Å². The van der Waals surface area contributed by atoms with Gasteiger partial charge in [-0.1, -0.05) is 0 Å². The van der Waals surface area contributed by atoms with E-state index in [-0.39, 0.29) is 17.7 Å². The van der Waals surface area contributed by atoms with E-state index in [1.165, 1.54) is 0 Å². The van der Waals surface area contributed by atoms with Gasteiger partial charge in [-0.2, -0.15) is 13.2 Å². The summed E-state index contributed by atoms with van der Waals surface area (Å²) < 4.78 is 42.2. The van der Waals surface area contributed by atoms with E-state index < -0.39 is 11.7 Å². The summed E-state index contributed by atoms with van der Waals surface area (Å²) in [5.41, 5.74) is 4.56. The Hall–Kier alpha value is -1.46. The van der Waals surface area contributed by atoms with Crippen LogP contribution in [0.2, 0.25) is 0 Å². The fraction of sp³-hybridized carbons (Fsp3) is 0.444. The Balaban J connectivity index is 2.27. The second-order valence-electron chi connectivity index (χ2n) is 3.42. The minimum atomic E-state index is -4.41. The van der Waals surface area contributed by atoms with Crippen LogP contribution in [-0.2, 0) is 6.18 Å². The van der Waals surface area contributed by atoms with Crippen LogP contribution in [0.1, 0.15) is 18.4 Å². The lowest BCUT2D eigenvalue weighted by atomic mass is 10.2. The lowest BCUT2D eigenvalue weighted by Gasteiger charge is -2.10. The number of hydrogen-bond acceptors (Lipinski definition) is 3. The minimum Gasteiger partial charge on any atom is -0.487 e. The maximum absolute atomic E-state index is 12.3. The molecule has 1 saturated carbocycles. The van der Waals surface area contributed by atoms with Gasteiger partial charge in [0.05, 0.1) is 11.7 Å². The topological polar surface area (TPSA) is 48.1 Å². The van der Waals surface area contributed by atoms with Crippen LogP contribution in [0.5, 0.6) is 5.75 Å². The molecule has 0 spiro atoms. The normalized spacial score (nSPS) is 16.5. The molecule has 0 aliphatic heterocycles. The third kappa shape index (κ3) is 2.31. The molecule has 0 bridgehead atoms. The average molecular weight is 218 g/mol. The summed E-state index contributed by atoms with van der Waals surface area (Å²) in [5.74, 6) is 0.0159. The zero-order valence-electron chi connectivity index (χ0n) is 7.71. The highest BCUT2D eigenvalue weighted by Crippen LogP contribution is 2.35. The molecule has 0 unspecified atom stereocenters. The minimum absolute atomic E-state index is 0.00224. The maximum atomic E-state index is 12.3. The van der Waals surface area contributed by atoms with Gasteiger partial charge in [0.2, 0.25) is 0 Å². The molecule has 1 aliphatic rings. The summed E-state index contributed by atoms with van der Waals surface area (Å²) in [6, 6.07) is 0.890. The Morgan fingerprint density at radius 3 is 2.60 bits per heavy atom. The fourth-order valence-electron chi connectivity index (χ4n) is 1.07. The summed E-state index contributed by atoms with van der Waals surface area (Å²) >= 11 is 0. The van der Waals surface area contributed by atoms with Crippen LogP contribution in [0.25, 0.3) is 0 Å². The molecule has 2 N–H and O–H groups in total. The van der Waals surface area contributed by atoms with Gasteiger partial charge in [0.25, 0.3) is 0 Å². The summed E-state index contributed by atoms with van der Waals surface area (Å²) in [4.78, 5) is 3.46. The zero-order chi connectivity index (χ0) is 11.1. The van der Waals surface area contributed by atoms with Crippen molar-refractivity contribution in [1.82, 2.24) is 4.98 Å². The van der Waals surface area contributed by atoms with Crippen molar-refractivity contribution in [2.45, 2.75) is 25.1 Å². The van der Waals surface area contributed by atoms with Gasteiger partial charge in [0.1, 0.15) is 0 Å². The molecular weight excluding hydrogens is 209 g/mol. The summed E-state index contributed by atoms with van der Waals surface area (Å²) in [5, 5.41) is 0. The molecule has 1 heterocycles. The lowest BCUT2D eigenvalue weighted by molar-refractivity contribution is -0.137. The Bertz CT molecular complexity index is 374. The van der Waals surface area contributed by atoms with Crippen molar-refractivity contribution in [1.29, 1.82) is 0 Å². The third-order valence-corrected chi connectivity index (χ3v) is 2.03. The van der Waals surface area contributed by atoms with Gasteiger partial charge < -0.3 is 10.5 Å². The van der Waals surface area contributed by atoms with E-state index >= 15 is 0 Å². The smallest absolute Gasteiger partial charge is 0.418 e. The molecule has 0 amide bonds. The first kappa shape index (κ1) is 10.1. The fourth-order valence-corrected chi connectivity index (χ4v) is 1.07. The number of alkyl halides is 3. The molecule has 0 aromatic carbocycles. The first-order chi connectivity index (χ1) is 6.97. The van der Waals surface area contributed by atoms with E-state index in [0.717, 1.165) is 18.9 Å². The molecule has 6 heteroatoms. The Morgan fingerprint density at radius 2 is 2.07 bits per heavy atom. The first-order valence-corrected chi connectivity index (χ1v) is 4.46. The van der Waals surface area contributed by atoms with Crippen molar-refractivity contribution in [3.05, 3.63) is 17.8 Å². The van der Waals surface area contributed by atoms with Crippen LogP contribution in [0, 0.1) is 0 Å². The van der Waals surface area contributed by atoms with Crippen molar-refractivity contribution in [2.75, 3.05) is 5.73 Å². The molecule has 0 radical (unpaired) electrons. The van der Waals surface area contributed by atoms with Crippen molar-refractivity contribution in [2.24, 2.45) is 0 Å². The van der Waals surface area contributed by atoms with Crippen molar-refractivity contribution >= 4 is 5.82 Å². The molecular formula is C9H9F3N2O. The number of pyridine rings is 1. The van der Waals surface area contributed by atoms with E-state index in [1.807, 2.05) is 0 Å². The molecule has 15 heavy (non-hydrogen) atoms. The zero-order valence-corrected chi connectivity index (χ0v) is 7.71. The Morgan fingerprint density at radius 1 is 1.40 bits per heavy atom. The number of halogens is 3. The molecule has 2 rings (SSSR count). The lowest BCUT2D eigenvalue weighted by Crippen LogP contribution is -2.08. The van der Waals surface area contributed by atoms with Crippen LogP contribution in [0.15, 0.2) is 12.3 Å². The Kier molecular flexibility index (Phi) is 2.21. The van der Waals surface area contributed by atoms with E-state index in [1.54, 1.807) is 0 Å². The number of nitrogens with two attached hydrogens (primary N) is 1. The number of rotatable bonds is 2. The van der Waals surface area contributed by atoms with Crippen LogP contribution < -0.4 is 10.5 Å². The van der Waals surface area contributed by atoms with Crippen molar-refractivity contribution in [3.63, 3.8) is 0 Å². The van der Waals surface area contributed by atoms with Gasteiger partial charge in [-0.3, -0.25) is 0 Å². The van der Waals surface area contributed by atoms with Crippen molar-refractivity contribution in [3.8, 4) is 5.75 Å². The van der Waals surface area contributed by atoms with Gasteiger partial charge in [0.15, 0.2) is 11.6 Å². The van der Waals surface area contributed by atoms with Crippen LogP contribution in [0.4, 0.5) is 19.0 Å². The van der Waals surface area contributed by atoms with Crippen LogP contribution in [-0.4, -0.2) is 11.1 Å². The largest absolute Gasteiger partial charge is 0.487 e. The molecule has 3 nitrogen and oxygen atoms in total. The number of ether oxygens (including phenoxy) is 1. The summed E-state index contributed by atoms with van der Waals surface area (Å²) in [6.45, 7) is 0. The van der Waals surface area contributed by atoms with E-state index in [2.05, 4.69) is 4.98 Å². The molecule has 1 aromatic rings. The molecule has 0 saturated heterocycles. The number of nitrogen functional groups attached to an aromatic ring is 1. The SMILES string of the molecule is Nc1ncc(C(F)(F)F)cc1OC1CC1. The number of nitrogens with zero attached hydrogens (tertiary/aromatic N) is 1. The van der Waals surface area contributed by atoms with Gasteiger partial charge in [-0.25, -0.2) is 4.98 Å². The Labute approximate surface area is 84.1 Å². The molecule has 1 fully saturated rings. The number of aromatic nitrogens is 1. The molecule has 0 atom stereocenters. The first-order valence-electron chi connectivity index (χ1n) is 4.46. The third-order valence-electron chi connectivity index (χ3n) is 2.03. The molecule has 1 aromatic heterocycles. The second-order valence-corrected chi connectivity index (χ2v) is 3.42. The molecule has 1 aliphatic carbocycles. The van der Waals surface area contributed by atoms with Gasteiger partial charge in [-0.05, 0) is 18.9 Å². The van der Waals surface area contributed by atoms with Crippen molar-refractivity contribution < 1.29 is 17.9 Å². The monoisotopic (exact) mass is 218 g/mol. The van der Waals surface area contributed by atoms with Gasteiger partial charge in [0, 0.05) is 6.20 Å². The van der Waals surface area contributed by atoms with Crippen LogP contribution >= 0.6 is 0 Å². The highest BCUT2D eigenvalue weighted by molar-refractivity contribution is 5.47. The number of anilines is 1. The highest BCUT2D eigenvalue weighted by atomic mass is 19.4. The standard InChI is InChI=1S/C9H9F3N2O/c10-9(11,12)5-3-7(8(13)14-4-5)15-6-1-2-6/h3-4,6H,1-2H2,(H2,13,14). The number of hydrogen-bond donors (Lipinski definition) is 1. The summed E-state index contributed by atoms with van der Waals surface area (Å²) in [7, 11) is 0. The summed E-state index contributed by atoms with van der Waals surface area (Å²) in [6.07, 6.45) is -2.00. The van der Waals surface area contributed by atoms with E-state index in [4.69, 9.17) is 10.5 Å². The predicted octanol–water partition coefficient (Wildman–Crippen LogP) is 2.22. The van der Waals surface area contributed by atoms with Crippen LogP contribution in [0.3, 0.4) is 0 Å². The quantitative estimate of drug-likeness (QED) is 0.827. The maximum Gasteiger partial charge on any atom is 0.418 e.